The molecule has 7 heteroatoms. The Morgan fingerprint density at radius 3 is 1.00 bits per heavy atom. The fraction of sp³-hybridized carbons (Fsp3) is 0. The van der Waals surface area contributed by atoms with Crippen LogP contribution in [0.3, 0.4) is 0 Å². The number of hydrogen-bond acceptors (Lipinski definition) is 5. The molecule has 0 rings (SSSR count). The topological polar surface area (TPSA) is 118 Å². The van der Waals surface area contributed by atoms with Gasteiger partial charge in [-0.2, -0.15) is 0 Å². The van der Waals surface area contributed by atoms with Gasteiger partial charge in [-0.1, -0.05) is 0 Å². The second-order valence-corrected chi connectivity index (χ2v) is 0.565. The molecule has 0 atom stereocenters. The zero-order valence-corrected chi connectivity index (χ0v) is 6.74. The Balaban J connectivity index is -0.0000000147. The average molecular weight is 302 g/mol. The normalized spacial score (nSPS) is 3.62. The van der Waals surface area contributed by atoms with Crippen LogP contribution in [0.1, 0.15) is 0 Å². The van der Waals surface area contributed by atoms with Gasteiger partial charge in [-0.3, -0.25) is 21.0 Å². The van der Waals surface area contributed by atoms with Crippen LogP contribution in [-0.4, -0.2) is 24.9 Å². The van der Waals surface area contributed by atoms with Crippen molar-refractivity contribution in [1.82, 2.24) is 0 Å². The van der Waals surface area contributed by atoms with Crippen LogP contribution in [0.25, 0.3) is 0 Å². The van der Waals surface area contributed by atoms with E-state index in [4.69, 9.17) is 28.3 Å². The Kier molecular flexibility index (Phi) is 536. The molecule has 0 aromatic heterocycles. The summed E-state index contributed by atoms with van der Waals surface area (Å²) in [4.78, 5) is 0. The molecule has 0 aliphatic carbocycles. The van der Waals surface area contributed by atoms with Gasteiger partial charge in [0.15, 0.2) is 0 Å². The van der Waals surface area contributed by atoms with Crippen molar-refractivity contribution >= 4 is 0 Å². The molecule has 0 saturated carbocycles. The van der Waals surface area contributed by atoms with Crippen molar-refractivity contribution in [3.63, 3.8) is 0 Å². The van der Waals surface area contributed by atoms with Gasteiger partial charge >= 0.3 is 25.6 Å². The molecule has 0 fully saturated rings. The van der Waals surface area contributed by atoms with Gasteiger partial charge in [0.2, 0.25) is 0 Å². The molecule has 0 aromatic rings. The van der Waals surface area contributed by atoms with Crippen LogP contribution >= 0.6 is 0 Å². The van der Waals surface area contributed by atoms with Crippen LogP contribution in [0, 0.1) is 7.43 Å². The Morgan fingerprint density at radius 2 is 1.00 bits per heavy atom. The summed E-state index contributed by atoms with van der Waals surface area (Å²) in [6.45, 7) is 0. The molecule has 0 aliphatic rings. The maximum atomic E-state index is 8.64. The van der Waals surface area contributed by atoms with Crippen LogP contribution < -0.4 is 0 Å². The third-order valence-corrected chi connectivity index (χ3v) is 0. The van der Waals surface area contributed by atoms with Gasteiger partial charge in [-0.05, 0) is 0 Å². The summed E-state index contributed by atoms with van der Waals surface area (Å²) < 4.78 is 15.8. The molecule has 0 heterocycles. The van der Waals surface area contributed by atoms with Crippen molar-refractivity contribution in [1.29, 1.82) is 0 Å². The first-order chi connectivity index (χ1) is 3.41. The van der Waals surface area contributed by atoms with E-state index in [1.807, 2.05) is 0 Å². The zero-order chi connectivity index (χ0) is 6.71. The van der Waals surface area contributed by atoms with Gasteiger partial charge in [0.1, 0.15) is 0 Å². The summed E-state index contributed by atoms with van der Waals surface area (Å²) in [5.74, 6) is 0. The van der Waals surface area contributed by atoms with Gasteiger partial charge in [-0.25, -0.2) is 0 Å². The van der Waals surface area contributed by atoms with Crippen molar-refractivity contribution < 1.29 is 46.6 Å². The summed E-state index contributed by atoms with van der Waals surface area (Å²) in [6, 6.07) is 0. The van der Waals surface area contributed by atoms with Gasteiger partial charge in [0.05, 0.1) is 0 Å². The van der Waals surface area contributed by atoms with E-state index in [-0.39, 0.29) is 7.43 Å². The van der Waals surface area contributed by atoms with Gasteiger partial charge in [0, 0.05) is 0 Å². The molecular weight excluding hydrogens is 294 g/mol. The molecule has 5 N–H and O–H groups in total. The van der Waals surface area contributed by atoms with Crippen LogP contribution in [0.5, 0.6) is 0 Å². The van der Waals surface area contributed by atoms with E-state index >= 15 is 0 Å². The Morgan fingerprint density at radius 1 is 1.00 bits per heavy atom. The van der Waals surface area contributed by atoms with Crippen molar-refractivity contribution in [3.8, 4) is 0 Å². The van der Waals surface area contributed by atoms with Gasteiger partial charge in [0.25, 0.3) is 0 Å². The van der Waals surface area contributed by atoms with Crippen molar-refractivity contribution in [2.75, 3.05) is 0 Å². The molecular formula is CH8O6Re-. The van der Waals surface area contributed by atoms with Gasteiger partial charge < -0.3 is 7.43 Å². The molecule has 0 spiro atoms. The van der Waals surface area contributed by atoms with Crippen molar-refractivity contribution in [2.45, 2.75) is 0 Å². The van der Waals surface area contributed by atoms with Crippen LogP contribution in [-0.2, 0) is 21.8 Å². The molecule has 0 saturated heterocycles. The Bertz CT molecular complexity index is 16.0. The van der Waals surface area contributed by atoms with Gasteiger partial charge in [-0.15, -0.1) is 0 Å². The standard InChI is InChI=1S/CH3.2H2O2.H2O.O.Re/c;2*1-2;;;/h1H3;2*1-2H;1H2;;/q-1;;;;;+1/p-1. The maximum absolute atomic E-state index is 8.64. The fourth-order valence-corrected chi connectivity index (χ4v) is 0. The molecule has 6 nitrogen and oxygen atoms in total. The molecule has 0 unspecified atom stereocenters. The van der Waals surface area contributed by atoms with Crippen LogP contribution in [0.2, 0.25) is 0 Å². The summed E-state index contributed by atoms with van der Waals surface area (Å²) in [5.41, 5.74) is 0. The van der Waals surface area contributed by atoms with E-state index in [2.05, 4.69) is 0 Å². The minimum atomic E-state index is -1.92. The summed E-state index contributed by atoms with van der Waals surface area (Å²) in [7, 11) is 0. The summed E-state index contributed by atoms with van der Waals surface area (Å²) in [5, 5.41) is 24.0. The Labute approximate surface area is 54.8 Å². The molecule has 0 aromatic carbocycles. The fourth-order valence-electron chi connectivity index (χ4n) is 0. The molecule has 0 amide bonds. The Hall–Kier alpha value is 0.262. The monoisotopic (exact) mass is 303 g/mol. The predicted octanol–water partition coefficient (Wildman–Crippen LogP) is -0.193. The molecule has 0 radical (unpaired) electrons. The molecule has 56 valence electrons. The van der Waals surface area contributed by atoms with Crippen molar-refractivity contribution in [2.24, 2.45) is 0 Å². The van der Waals surface area contributed by atoms with E-state index in [0.29, 0.717) is 0 Å². The molecule has 0 bridgehead atoms. The van der Waals surface area contributed by atoms with Crippen LogP contribution in [0.4, 0.5) is 0 Å². The number of hydrogen-bond donors (Lipinski definition) is 5. The predicted molar refractivity (Wildman–Crippen MR) is 19.8 cm³/mol. The third-order valence-electron chi connectivity index (χ3n) is 0. The zero-order valence-electron chi connectivity index (χ0n) is 4.02. The van der Waals surface area contributed by atoms with Crippen molar-refractivity contribution in [3.05, 3.63) is 7.43 Å². The first-order valence-corrected chi connectivity index (χ1v) is 3.05. The quantitative estimate of drug-likeness (QED) is 0.240. The second kappa shape index (κ2) is 179. The number of rotatable bonds is 0. The summed E-state index contributed by atoms with van der Waals surface area (Å²) in [6.07, 6.45) is 0. The van der Waals surface area contributed by atoms with E-state index in [9.17, 15) is 0 Å². The minimum absolute atomic E-state index is 0. The first kappa shape index (κ1) is 24.0. The van der Waals surface area contributed by atoms with E-state index < -0.39 is 18.3 Å². The van der Waals surface area contributed by atoms with E-state index in [1.165, 1.54) is 0 Å². The second-order valence-electron chi connectivity index (χ2n) is 0.0690. The molecule has 0 aliphatic heterocycles. The SMILES string of the molecule is OO.OO.[CH3-].[O]=[Re][OH]. The van der Waals surface area contributed by atoms with E-state index in [1.54, 1.807) is 0 Å². The average Bonchev–Trinajstić information content (AvgIpc) is 1.78. The van der Waals surface area contributed by atoms with E-state index in [0.717, 1.165) is 0 Å². The third kappa shape index (κ3) is 2520. The van der Waals surface area contributed by atoms with Crippen LogP contribution in [0.15, 0.2) is 0 Å². The first-order valence-electron chi connectivity index (χ1n) is 0.723. The summed E-state index contributed by atoms with van der Waals surface area (Å²) >= 11 is -1.92. The molecule has 8 heavy (non-hydrogen) atoms.